The molecule has 2 amide bonds. The number of likely N-dealkylation sites (tertiary alicyclic amines) is 2. The summed E-state index contributed by atoms with van der Waals surface area (Å²) in [4.78, 5) is 29.4. The summed E-state index contributed by atoms with van der Waals surface area (Å²) >= 11 is 12.2. The Morgan fingerprint density at radius 3 is 2.59 bits per heavy atom. The quantitative estimate of drug-likeness (QED) is 0.650. The first kappa shape index (κ1) is 20.2. The number of benzene rings is 2. The highest BCUT2D eigenvalue weighted by molar-refractivity contribution is 6.42. The van der Waals surface area contributed by atoms with Crippen LogP contribution in [0.5, 0.6) is 0 Å². The van der Waals surface area contributed by atoms with Gasteiger partial charge in [0, 0.05) is 32.0 Å². The third-order valence-electron chi connectivity index (χ3n) is 5.96. The summed E-state index contributed by atoms with van der Waals surface area (Å²) in [5.41, 5.74) is 2.11. The maximum absolute atomic E-state index is 13.2. The predicted molar refractivity (Wildman–Crippen MR) is 115 cm³/mol. The lowest BCUT2D eigenvalue weighted by Crippen LogP contribution is -2.38. The molecule has 2 aromatic carbocycles. The van der Waals surface area contributed by atoms with E-state index in [9.17, 15) is 9.59 Å². The van der Waals surface area contributed by atoms with Crippen LogP contribution in [0.15, 0.2) is 48.5 Å². The molecule has 6 heteroatoms. The molecule has 0 saturated carbocycles. The fourth-order valence-electron chi connectivity index (χ4n) is 4.45. The number of amides is 2. The minimum absolute atomic E-state index is 0.0249. The van der Waals surface area contributed by atoms with Crippen LogP contribution in [0, 0.1) is 0 Å². The molecule has 0 radical (unpaired) electrons. The summed E-state index contributed by atoms with van der Waals surface area (Å²) in [5.74, 6) is 0.241. The van der Waals surface area contributed by atoms with Crippen LogP contribution in [0.4, 0.5) is 0 Å². The van der Waals surface area contributed by atoms with E-state index < -0.39 is 0 Å². The summed E-state index contributed by atoms with van der Waals surface area (Å²) < 4.78 is 0. The standard InChI is InChI=1S/C23H24Cl2N2O2/c24-19-10-8-17(13-20(19)25)21-7-4-12-26(21)23(29)14-18-9-11-22(28)27(18)15-16-5-2-1-3-6-16/h1-3,5-6,8,10,13,18,21H,4,7,9,11-12,14-15H2. The summed E-state index contributed by atoms with van der Waals surface area (Å²) in [6.07, 6.45) is 3.51. The highest BCUT2D eigenvalue weighted by Gasteiger charge is 2.36. The molecular weight excluding hydrogens is 407 g/mol. The molecule has 2 fully saturated rings. The lowest BCUT2D eigenvalue weighted by molar-refractivity contribution is -0.135. The predicted octanol–water partition coefficient (Wildman–Crippen LogP) is 5.24. The average Bonchev–Trinajstić information content (AvgIpc) is 3.33. The van der Waals surface area contributed by atoms with Crippen LogP contribution in [0.2, 0.25) is 10.0 Å². The van der Waals surface area contributed by atoms with Gasteiger partial charge in [0.2, 0.25) is 11.8 Å². The molecule has 2 heterocycles. The van der Waals surface area contributed by atoms with E-state index in [4.69, 9.17) is 23.2 Å². The zero-order chi connectivity index (χ0) is 20.4. The van der Waals surface area contributed by atoms with Gasteiger partial charge in [-0.3, -0.25) is 9.59 Å². The summed E-state index contributed by atoms with van der Waals surface area (Å²) in [7, 11) is 0. The van der Waals surface area contributed by atoms with Crippen LogP contribution >= 0.6 is 23.2 Å². The molecule has 152 valence electrons. The Morgan fingerprint density at radius 1 is 1.03 bits per heavy atom. The fourth-order valence-corrected chi connectivity index (χ4v) is 4.76. The van der Waals surface area contributed by atoms with Crippen molar-refractivity contribution in [2.24, 2.45) is 0 Å². The number of carbonyl (C=O) groups is 2. The molecule has 29 heavy (non-hydrogen) atoms. The van der Waals surface area contributed by atoms with E-state index in [0.717, 1.165) is 36.9 Å². The molecule has 4 nitrogen and oxygen atoms in total. The molecule has 0 spiro atoms. The van der Waals surface area contributed by atoms with E-state index in [2.05, 4.69) is 0 Å². The van der Waals surface area contributed by atoms with Crippen molar-refractivity contribution < 1.29 is 9.59 Å². The highest BCUT2D eigenvalue weighted by Crippen LogP contribution is 2.36. The van der Waals surface area contributed by atoms with Gasteiger partial charge >= 0.3 is 0 Å². The molecule has 2 saturated heterocycles. The smallest absolute Gasteiger partial charge is 0.225 e. The van der Waals surface area contributed by atoms with Gasteiger partial charge in [0.05, 0.1) is 16.1 Å². The molecule has 2 aromatic rings. The van der Waals surface area contributed by atoms with Gasteiger partial charge in [-0.1, -0.05) is 59.6 Å². The average molecular weight is 431 g/mol. The first-order valence-corrected chi connectivity index (χ1v) is 10.9. The van der Waals surface area contributed by atoms with Crippen LogP contribution < -0.4 is 0 Å². The van der Waals surface area contributed by atoms with Crippen molar-refractivity contribution in [3.8, 4) is 0 Å². The van der Waals surface area contributed by atoms with E-state index in [1.165, 1.54) is 0 Å². The Hall–Kier alpha value is -2.04. The van der Waals surface area contributed by atoms with Gasteiger partial charge in [-0.2, -0.15) is 0 Å². The van der Waals surface area contributed by atoms with Gasteiger partial charge in [0.1, 0.15) is 0 Å². The van der Waals surface area contributed by atoms with Crippen molar-refractivity contribution in [2.75, 3.05) is 6.54 Å². The second-order valence-corrected chi connectivity index (χ2v) is 8.64. The molecule has 0 N–H and O–H groups in total. The number of hydrogen-bond donors (Lipinski definition) is 0. The second-order valence-electron chi connectivity index (χ2n) is 7.82. The number of carbonyl (C=O) groups excluding carboxylic acids is 2. The van der Waals surface area contributed by atoms with E-state index >= 15 is 0 Å². The molecular formula is C23H24Cl2N2O2. The molecule has 0 bridgehead atoms. The molecule has 2 unspecified atom stereocenters. The first-order chi connectivity index (χ1) is 14.0. The van der Waals surface area contributed by atoms with Gasteiger partial charge in [-0.15, -0.1) is 0 Å². The Labute approximate surface area is 181 Å². The lowest BCUT2D eigenvalue weighted by atomic mass is 10.0. The SMILES string of the molecule is O=C1CCC(CC(=O)N2CCCC2c2ccc(Cl)c(Cl)c2)N1Cc1ccccc1. The monoisotopic (exact) mass is 430 g/mol. The van der Waals surface area contributed by atoms with Crippen molar-refractivity contribution in [3.63, 3.8) is 0 Å². The van der Waals surface area contributed by atoms with Crippen molar-refractivity contribution in [1.82, 2.24) is 9.80 Å². The van der Waals surface area contributed by atoms with Crippen LogP contribution in [-0.2, 0) is 16.1 Å². The molecule has 0 aliphatic carbocycles. The van der Waals surface area contributed by atoms with E-state index in [1.807, 2.05) is 52.3 Å². The van der Waals surface area contributed by atoms with Crippen molar-refractivity contribution in [3.05, 3.63) is 69.7 Å². The Morgan fingerprint density at radius 2 is 1.83 bits per heavy atom. The van der Waals surface area contributed by atoms with Crippen molar-refractivity contribution in [1.29, 1.82) is 0 Å². The van der Waals surface area contributed by atoms with Crippen LogP contribution in [0.25, 0.3) is 0 Å². The molecule has 4 rings (SSSR count). The zero-order valence-corrected chi connectivity index (χ0v) is 17.7. The minimum Gasteiger partial charge on any atom is -0.336 e. The van der Waals surface area contributed by atoms with Gasteiger partial charge in [-0.05, 0) is 42.5 Å². The second kappa shape index (κ2) is 8.76. The van der Waals surface area contributed by atoms with E-state index in [1.54, 1.807) is 6.07 Å². The Kier molecular flexibility index (Phi) is 6.12. The molecule has 2 atom stereocenters. The number of rotatable bonds is 5. The topological polar surface area (TPSA) is 40.6 Å². The summed E-state index contributed by atoms with van der Waals surface area (Å²) in [6.45, 7) is 1.30. The van der Waals surface area contributed by atoms with E-state index in [-0.39, 0.29) is 23.9 Å². The van der Waals surface area contributed by atoms with Crippen LogP contribution in [0.3, 0.4) is 0 Å². The normalized spacial score (nSPS) is 21.8. The molecule has 2 aliphatic heterocycles. The summed E-state index contributed by atoms with van der Waals surface area (Å²) in [6, 6.07) is 15.5. The number of hydrogen-bond acceptors (Lipinski definition) is 2. The molecule has 2 aliphatic rings. The number of halogens is 2. The van der Waals surface area contributed by atoms with Gasteiger partial charge in [0.15, 0.2) is 0 Å². The van der Waals surface area contributed by atoms with Gasteiger partial charge in [0.25, 0.3) is 0 Å². The van der Waals surface area contributed by atoms with Crippen LogP contribution in [-0.4, -0.2) is 34.2 Å². The zero-order valence-electron chi connectivity index (χ0n) is 16.2. The highest BCUT2D eigenvalue weighted by atomic mass is 35.5. The lowest BCUT2D eigenvalue weighted by Gasteiger charge is -2.29. The van der Waals surface area contributed by atoms with Gasteiger partial charge < -0.3 is 9.80 Å². The van der Waals surface area contributed by atoms with Crippen LogP contribution in [0.1, 0.15) is 49.3 Å². The minimum atomic E-state index is -0.0368. The van der Waals surface area contributed by atoms with Crippen molar-refractivity contribution >= 4 is 35.0 Å². The maximum Gasteiger partial charge on any atom is 0.225 e. The maximum atomic E-state index is 13.2. The largest absolute Gasteiger partial charge is 0.336 e. The Bertz CT molecular complexity index is 903. The fraction of sp³-hybridized carbons (Fsp3) is 0.391. The van der Waals surface area contributed by atoms with E-state index in [0.29, 0.717) is 29.4 Å². The van der Waals surface area contributed by atoms with Gasteiger partial charge in [-0.25, -0.2) is 0 Å². The molecule has 0 aromatic heterocycles. The Balaban J connectivity index is 1.46. The number of nitrogens with zero attached hydrogens (tertiary/aromatic N) is 2. The third kappa shape index (κ3) is 4.44. The third-order valence-corrected chi connectivity index (χ3v) is 6.70. The summed E-state index contributed by atoms with van der Waals surface area (Å²) in [5, 5.41) is 1.03. The first-order valence-electron chi connectivity index (χ1n) is 10.1. The van der Waals surface area contributed by atoms with Crippen molar-refractivity contribution in [2.45, 2.75) is 50.7 Å².